The van der Waals surface area contributed by atoms with E-state index in [0.717, 1.165) is 16.4 Å². The quantitative estimate of drug-likeness (QED) is 0.330. The molecule has 0 saturated carbocycles. The summed E-state index contributed by atoms with van der Waals surface area (Å²) < 4.78 is 0. The minimum absolute atomic E-state index is 0.417. The lowest BCUT2D eigenvalue weighted by atomic mass is 10.1. The van der Waals surface area contributed by atoms with Crippen LogP contribution in [0.15, 0.2) is 59.5 Å². The number of rotatable bonds is 10. The molecule has 5 N–H and O–H groups in total. The number of nitrogens with two attached hydrogens (primary N) is 1. The molecule has 30 heavy (non-hydrogen) atoms. The minimum Gasteiger partial charge on any atom is -0.382 e. The van der Waals surface area contributed by atoms with Crippen LogP contribution in [-0.2, 0) is 10.5 Å². The molecule has 2 aromatic carbocycles. The zero-order valence-corrected chi connectivity index (χ0v) is 18.8. The molecule has 2 atom stereocenters. The van der Waals surface area contributed by atoms with E-state index in [1.807, 2.05) is 24.3 Å². The second-order valence-electron chi connectivity index (χ2n) is 7.06. The van der Waals surface area contributed by atoms with Crippen LogP contribution >= 0.6 is 23.5 Å². The largest absolute Gasteiger partial charge is 0.382 e. The predicted octanol–water partition coefficient (Wildman–Crippen LogP) is 2.96. The summed E-state index contributed by atoms with van der Waals surface area (Å²) >= 11 is 3.34. The number of carbonyl (C=O) groups is 2. The Morgan fingerprint density at radius 3 is 2.50 bits per heavy atom. The number of hydrogen-bond donors (Lipinski definition) is 4. The summed E-state index contributed by atoms with van der Waals surface area (Å²) in [5.41, 5.74) is 12.1. The lowest BCUT2D eigenvalue weighted by molar-refractivity contribution is -0.131. The van der Waals surface area contributed by atoms with Gasteiger partial charge >= 0.3 is 0 Å². The van der Waals surface area contributed by atoms with Crippen LogP contribution in [0.2, 0.25) is 0 Å². The van der Waals surface area contributed by atoms with Crippen LogP contribution in [0.1, 0.15) is 36.2 Å². The molecule has 8 heteroatoms. The van der Waals surface area contributed by atoms with Crippen molar-refractivity contribution in [3.63, 3.8) is 0 Å². The molecule has 2 rings (SSSR count). The van der Waals surface area contributed by atoms with Crippen LogP contribution in [0.4, 0.5) is 0 Å². The molecule has 0 aliphatic heterocycles. The van der Waals surface area contributed by atoms with Crippen LogP contribution < -0.4 is 16.6 Å². The van der Waals surface area contributed by atoms with Gasteiger partial charge in [0.2, 0.25) is 0 Å². The highest BCUT2D eigenvalue weighted by Crippen LogP contribution is 2.23. The Kier molecular flexibility index (Phi) is 10.2. The van der Waals surface area contributed by atoms with E-state index in [2.05, 4.69) is 36.8 Å². The SMILES string of the molecule is CC(C)SCC[C@@H](N)C(O)C(=O)NNC(=O)c1cccc(SCc2ccccc2)c1. The highest BCUT2D eigenvalue weighted by Gasteiger charge is 2.23. The van der Waals surface area contributed by atoms with Crippen molar-refractivity contribution in [1.29, 1.82) is 0 Å². The van der Waals surface area contributed by atoms with E-state index < -0.39 is 24.0 Å². The highest BCUT2D eigenvalue weighted by molar-refractivity contribution is 7.99. The number of aliphatic hydroxyl groups excluding tert-OH is 1. The van der Waals surface area contributed by atoms with E-state index in [1.54, 1.807) is 41.7 Å². The Morgan fingerprint density at radius 1 is 1.07 bits per heavy atom. The molecule has 0 aliphatic carbocycles. The van der Waals surface area contributed by atoms with Crippen molar-refractivity contribution in [2.45, 2.75) is 48.3 Å². The first-order valence-electron chi connectivity index (χ1n) is 9.79. The van der Waals surface area contributed by atoms with Crippen LogP contribution in [0.3, 0.4) is 0 Å². The van der Waals surface area contributed by atoms with E-state index in [1.165, 1.54) is 5.56 Å². The normalized spacial score (nSPS) is 13.0. The maximum Gasteiger partial charge on any atom is 0.269 e. The van der Waals surface area contributed by atoms with E-state index in [4.69, 9.17) is 5.73 Å². The zero-order valence-electron chi connectivity index (χ0n) is 17.2. The van der Waals surface area contributed by atoms with Gasteiger partial charge in [0.1, 0.15) is 6.10 Å². The van der Waals surface area contributed by atoms with E-state index >= 15 is 0 Å². The minimum atomic E-state index is -1.38. The van der Waals surface area contributed by atoms with E-state index in [-0.39, 0.29) is 0 Å². The first-order valence-corrected chi connectivity index (χ1v) is 11.8. The predicted molar refractivity (Wildman–Crippen MR) is 124 cm³/mol. The van der Waals surface area contributed by atoms with Gasteiger partial charge in [-0.1, -0.05) is 50.2 Å². The van der Waals surface area contributed by atoms with Gasteiger partial charge in [-0.2, -0.15) is 11.8 Å². The first-order chi connectivity index (χ1) is 14.4. The molecule has 2 amide bonds. The molecule has 0 bridgehead atoms. The van der Waals surface area contributed by atoms with Gasteiger partial charge in [-0.15, -0.1) is 11.8 Å². The third-order valence-electron chi connectivity index (χ3n) is 4.22. The van der Waals surface area contributed by atoms with Gasteiger partial charge in [-0.25, -0.2) is 0 Å². The molecule has 0 aromatic heterocycles. The van der Waals surface area contributed by atoms with Crippen molar-refractivity contribution in [2.75, 3.05) is 5.75 Å². The highest BCUT2D eigenvalue weighted by atomic mass is 32.2. The van der Waals surface area contributed by atoms with Crippen LogP contribution in [0.5, 0.6) is 0 Å². The number of nitrogens with one attached hydrogen (secondary N) is 2. The van der Waals surface area contributed by atoms with Gasteiger partial charge in [-0.3, -0.25) is 20.4 Å². The Morgan fingerprint density at radius 2 is 1.80 bits per heavy atom. The molecule has 0 fully saturated rings. The van der Waals surface area contributed by atoms with Gasteiger partial charge in [0.15, 0.2) is 0 Å². The topological polar surface area (TPSA) is 104 Å². The average Bonchev–Trinajstić information content (AvgIpc) is 2.75. The van der Waals surface area contributed by atoms with Crippen molar-refractivity contribution in [1.82, 2.24) is 10.9 Å². The standard InChI is InChI=1S/C22H29N3O3S2/c1-15(2)29-12-11-19(23)20(26)22(28)25-24-21(27)17-9-6-10-18(13-17)30-14-16-7-4-3-5-8-16/h3-10,13,15,19-20,26H,11-12,14,23H2,1-2H3,(H,24,27)(H,25,28)/t19-,20?/m1/s1. The maximum atomic E-state index is 12.4. The summed E-state index contributed by atoms with van der Waals surface area (Å²) in [6.07, 6.45) is -0.877. The molecular formula is C22H29N3O3S2. The Bertz CT molecular complexity index is 818. The van der Waals surface area contributed by atoms with Gasteiger partial charge < -0.3 is 10.8 Å². The van der Waals surface area contributed by atoms with Crippen molar-refractivity contribution in [3.05, 3.63) is 65.7 Å². The van der Waals surface area contributed by atoms with Crippen molar-refractivity contribution in [3.8, 4) is 0 Å². The van der Waals surface area contributed by atoms with E-state index in [9.17, 15) is 14.7 Å². The van der Waals surface area contributed by atoms with E-state index in [0.29, 0.717) is 17.2 Å². The number of thioether (sulfide) groups is 2. The van der Waals surface area contributed by atoms with Gasteiger partial charge in [0.25, 0.3) is 11.8 Å². The van der Waals surface area contributed by atoms with Crippen molar-refractivity contribution >= 4 is 35.3 Å². The third kappa shape index (κ3) is 8.39. The number of aliphatic hydroxyl groups is 1. The third-order valence-corrected chi connectivity index (χ3v) is 6.42. The first kappa shape index (κ1) is 24.3. The van der Waals surface area contributed by atoms with Gasteiger partial charge in [-0.05, 0) is 41.2 Å². The summed E-state index contributed by atoms with van der Waals surface area (Å²) in [4.78, 5) is 25.4. The number of carbonyl (C=O) groups excluding carboxylic acids is 2. The number of hydrogen-bond acceptors (Lipinski definition) is 6. The molecule has 162 valence electrons. The molecule has 6 nitrogen and oxygen atoms in total. The molecule has 0 aliphatic rings. The Labute approximate surface area is 186 Å². The second kappa shape index (κ2) is 12.6. The monoisotopic (exact) mass is 447 g/mol. The van der Waals surface area contributed by atoms with Crippen LogP contribution in [-0.4, -0.2) is 40.1 Å². The summed E-state index contributed by atoms with van der Waals surface area (Å²) in [7, 11) is 0. The molecule has 2 aromatic rings. The summed E-state index contributed by atoms with van der Waals surface area (Å²) in [6.45, 7) is 4.15. The molecule has 0 heterocycles. The fourth-order valence-electron chi connectivity index (χ4n) is 2.52. The molecule has 0 spiro atoms. The summed E-state index contributed by atoms with van der Waals surface area (Å²) in [5, 5.41) is 10.5. The molecule has 0 saturated heterocycles. The lowest BCUT2D eigenvalue weighted by Gasteiger charge is -2.19. The molecular weight excluding hydrogens is 418 g/mol. The summed E-state index contributed by atoms with van der Waals surface area (Å²) in [5.74, 6) is 0.367. The molecule has 1 unspecified atom stereocenters. The second-order valence-corrected chi connectivity index (χ2v) is 9.80. The Balaban J connectivity index is 1.81. The van der Waals surface area contributed by atoms with Crippen molar-refractivity contribution < 1.29 is 14.7 Å². The number of amides is 2. The number of benzene rings is 2. The summed E-state index contributed by atoms with van der Waals surface area (Å²) in [6, 6.07) is 16.5. The lowest BCUT2D eigenvalue weighted by Crippen LogP contribution is -2.52. The van der Waals surface area contributed by atoms with Crippen LogP contribution in [0, 0.1) is 0 Å². The number of hydrazine groups is 1. The van der Waals surface area contributed by atoms with Gasteiger partial charge in [0, 0.05) is 22.3 Å². The average molecular weight is 448 g/mol. The zero-order chi connectivity index (χ0) is 21.9. The van der Waals surface area contributed by atoms with Gasteiger partial charge in [0.05, 0.1) is 0 Å². The van der Waals surface area contributed by atoms with Crippen molar-refractivity contribution in [2.24, 2.45) is 5.73 Å². The fourth-order valence-corrected chi connectivity index (χ4v) is 4.32. The Hall–Kier alpha value is -2.00. The fraction of sp³-hybridized carbons (Fsp3) is 0.364. The smallest absolute Gasteiger partial charge is 0.269 e. The maximum absolute atomic E-state index is 12.4. The van der Waals surface area contributed by atoms with Crippen LogP contribution in [0.25, 0.3) is 0 Å². The molecule has 0 radical (unpaired) electrons.